The summed E-state index contributed by atoms with van der Waals surface area (Å²) in [5.41, 5.74) is 0.928. The van der Waals surface area contributed by atoms with Crippen LogP contribution in [0.4, 0.5) is 0 Å². The number of halogens is 1. The maximum atomic E-state index is 11.1. The smallest absolute Gasteiger partial charge is 0.339 e. The molecule has 0 bridgehead atoms. The van der Waals surface area contributed by atoms with Crippen LogP contribution in [0, 0.1) is 0 Å². The largest absolute Gasteiger partial charge is 0.467 e. The number of alkyl halides is 1. The molecule has 1 unspecified atom stereocenters. The van der Waals surface area contributed by atoms with Crippen molar-refractivity contribution in [2.75, 3.05) is 19.6 Å². The zero-order valence-corrected chi connectivity index (χ0v) is 7.63. The molecule has 1 atom stereocenters. The lowest BCUT2D eigenvalue weighted by atomic mass is 10.1. The summed E-state index contributed by atoms with van der Waals surface area (Å²) in [4.78, 5) is 11.1. The van der Waals surface area contributed by atoms with E-state index in [0.29, 0.717) is 12.5 Å². The normalized spacial score (nSPS) is 26.2. The van der Waals surface area contributed by atoms with E-state index in [4.69, 9.17) is 16.3 Å². The van der Waals surface area contributed by atoms with Gasteiger partial charge in [-0.1, -0.05) is 6.08 Å². The lowest BCUT2D eigenvalue weighted by molar-refractivity contribution is -0.149. The van der Waals surface area contributed by atoms with Gasteiger partial charge in [-0.25, -0.2) is 4.79 Å². The number of carbonyl (C=O) groups excluding carboxylic acids is 1. The van der Waals surface area contributed by atoms with Crippen molar-refractivity contribution in [3.63, 3.8) is 0 Å². The van der Waals surface area contributed by atoms with E-state index < -0.39 is 6.10 Å². The first-order valence-electron chi connectivity index (χ1n) is 3.74. The molecule has 0 N–H and O–H groups in total. The summed E-state index contributed by atoms with van der Waals surface area (Å²) in [6.45, 7) is 0.572. The van der Waals surface area contributed by atoms with Crippen molar-refractivity contribution in [1.82, 2.24) is 0 Å². The van der Waals surface area contributed by atoms with Crippen molar-refractivity contribution >= 4 is 17.6 Å². The summed E-state index contributed by atoms with van der Waals surface area (Å²) in [7, 11) is 1.35. The Morgan fingerprint density at radius 2 is 2.67 bits per heavy atom. The summed E-state index contributed by atoms with van der Waals surface area (Å²) >= 11 is 5.51. The van der Waals surface area contributed by atoms with Crippen LogP contribution in [-0.2, 0) is 14.3 Å². The fourth-order valence-electron chi connectivity index (χ4n) is 1.17. The maximum absolute atomic E-state index is 11.1. The molecule has 0 spiro atoms. The van der Waals surface area contributed by atoms with Crippen LogP contribution in [0.5, 0.6) is 0 Å². The molecule has 0 aromatic heterocycles. The average Bonchev–Trinajstić information content (AvgIpc) is 2.52. The minimum absolute atomic E-state index is 0.344. The highest BCUT2D eigenvalue weighted by Crippen LogP contribution is 2.20. The van der Waals surface area contributed by atoms with E-state index in [1.807, 2.05) is 0 Å². The van der Waals surface area contributed by atoms with Crippen molar-refractivity contribution in [2.45, 2.75) is 12.5 Å². The number of hydrogen-bond donors (Lipinski definition) is 0. The molecule has 4 heteroatoms. The zero-order valence-electron chi connectivity index (χ0n) is 6.88. The summed E-state index contributed by atoms with van der Waals surface area (Å²) in [6, 6.07) is 0. The molecule has 0 aliphatic carbocycles. The first-order chi connectivity index (χ1) is 5.79. The summed E-state index contributed by atoms with van der Waals surface area (Å²) < 4.78 is 9.73. The molecular weight excluding hydrogens is 180 g/mol. The molecule has 1 fully saturated rings. The van der Waals surface area contributed by atoms with E-state index in [2.05, 4.69) is 4.74 Å². The predicted octanol–water partition coefficient (Wildman–Crippen LogP) is 1.11. The monoisotopic (exact) mass is 190 g/mol. The van der Waals surface area contributed by atoms with Crippen LogP contribution in [0.1, 0.15) is 6.42 Å². The second-order valence-electron chi connectivity index (χ2n) is 2.46. The Morgan fingerprint density at radius 1 is 1.92 bits per heavy atom. The van der Waals surface area contributed by atoms with Crippen LogP contribution < -0.4 is 0 Å². The van der Waals surface area contributed by atoms with Crippen LogP contribution in [0.25, 0.3) is 0 Å². The van der Waals surface area contributed by atoms with E-state index in [9.17, 15) is 4.79 Å². The van der Waals surface area contributed by atoms with E-state index in [1.165, 1.54) is 7.11 Å². The molecule has 1 rings (SSSR count). The van der Waals surface area contributed by atoms with Crippen LogP contribution in [0.2, 0.25) is 0 Å². The summed E-state index contributed by atoms with van der Waals surface area (Å²) in [6.07, 6.45) is 2.05. The third-order valence-corrected chi connectivity index (χ3v) is 1.92. The lowest BCUT2D eigenvalue weighted by Crippen LogP contribution is -2.22. The van der Waals surface area contributed by atoms with E-state index in [-0.39, 0.29) is 5.97 Å². The SMILES string of the molecule is COC(=O)C1OCC/C1=C\CCl. The van der Waals surface area contributed by atoms with Gasteiger partial charge < -0.3 is 9.47 Å². The Bertz CT molecular complexity index is 200. The molecule has 68 valence electrons. The van der Waals surface area contributed by atoms with Gasteiger partial charge in [0.1, 0.15) is 0 Å². The molecule has 1 heterocycles. The van der Waals surface area contributed by atoms with E-state index in [0.717, 1.165) is 12.0 Å². The fraction of sp³-hybridized carbons (Fsp3) is 0.625. The molecule has 0 radical (unpaired) electrons. The third-order valence-electron chi connectivity index (χ3n) is 1.77. The standard InChI is InChI=1S/C8H11ClO3/c1-11-8(10)7-6(2-4-9)3-5-12-7/h2,7H,3-5H2,1H3/b6-2+. The number of carbonyl (C=O) groups is 1. The Labute approximate surface area is 76.3 Å². The minimum Gasteiger partial charge on any atom is -0.467 e. The van der Waals surface area contributed by atoms with E-state index >= 15 is 0 Å². The van der Waals surface area contributed by atoms with Crippen molar-refractivity contribution < 1.29 is 14.3 Å². The molecule has 0 aromatic rings. The van der Waals surface area contributed by atoms with Gasteiger partial charge in [-0.05, 0) is 12.0 Å². The van der Waals surface area contributed by atoms with Gasteiger partial charge in [0.05, 0.1) is 13.7 Å². The van der Waals surface area contributed by atoms with E-state index in [1.54, 1.807) is 6.08 Å². The second-order valence-corrected chi connectivity index (χ2v) is 2.77. The van der Waals surface area contributed by atoms with Gasteiger partial charge in [0.2, 0.25) is 0 Å². The molecule has 12 heavy (non-hydrogen) atoms. The maximum Gasteiger partial charge on any atom is 0.339 e. The van der Waals surface area contributed by atoms with Gasteiger partial charge in [0, 0.05) is 5.88 Å². The van der Waals surface area contributed by atoms with Crippen molar-refractivity contribution in [2.24, 2.45) is 0 Å². The highest BCUT2D eigenvalue weighted by molar-refractivity contribution is 6.19. The Hall–Kier alpha value is -0.540. The number of ether oxygens (including phenoxy) is 2. The molecule has 0 amide bonds. The van der Waals surface area contributed by atoms with Crippen molar-refractivity contribution in [3.05, 3.63) is 11.6 Å². The molecule has 1 aliphatic heterocycles. The van der Waals surface area contributed by atoms with Gasteiger partial charge in [-0.15, -0.1) is 11.6 Å². The number of methoxy groups -OCH3 is 1. The predicted molar refractivity (Wildman–Crippen MR) is 45.2 cm³/mol. The Morgan fingerprint density at radius 3 is 3.25 bits per heavy atom. The number of hydrogen-bond acceptors (Lipinski definition) is 3. The van der Waals surface area contributed by atoms with Gasteiger partial charge in [0.15, 0.2) is 6.10 Å². The van der Waals surface area contributed by atoms with Crippen LogP contribution in [0.3, 0.4) is 0 Å². The van der Waals surface area contributed by atoms with Gasteiger partial charge in [-0.3, -0.25) is 0 Å². The molecular formula is C8H11ClO3. The number of esters is 1. The molecule has 1 aliphatic rings. The Balaban J connectivity index is 2.63. The summed E-state index contributed by atoms with van der Waals surface area (Å²) in [5.74, 6) is 0.0653. The van der Waals surface area contributed by atoms with Gasteiger partial charge in [-0.2, -0.15) is 0 Å². The highest BCUT2D eigenvalue weighted by Gasteiger charge is 2.28. The molecule has 1 saturated heterocycles. The highest BCUT2D eigenvalue weighted by atomic mass is 35.5. The molecule has 0 aromatic carbocycles. The Kier molecular flexibility index (Phi) is 3.56. The van der Waals surface area contributed by atoms with Crippen molar-refractivity contribution in [1.29, 1.82) is 0 Å². The topological polar surface area (TPSA) is 35.5 Å². The van der Waals surface area contributed by atoms with Gasteiger partial charge in [0.25, 0.3) is 0 Å². The van der Waals surface area contributed by atoms with Crippen LogP contribution >= 0.6 is 11.6 Å². The zero-order chi connectivity index (χ0) is 8.97. The van der Waals surface area contributed by atoms with Crippen LogP contribution in [-0.4, -0.2) is 31.7 Å². The first kappa shape index (κ1) is 9.55. The third kappa shape index (κ3) is 1.99. The van der Waals surface area contributed by atoms with Crippen molar-refractivity contribution in [3.8, 4) is 0 Å². The quantitative estimate of drug-likeness (QED) is 0.372. The second kappa shape index (κ2) is 4.48. The first-order valence-corrected chi connectivity index (χ1v) is 4.27. The molecule has 3 nitrogen and oxygen atoms in total. The summed E-state index contributed by atoms with van der Waals surface area (Å²) in [5, 5.41) is 0. The van der Waals surface area contributed by atoms with Crippen LogP contribution in [0.15, 0.2) is 11.6 Å². The average molecular weight is 191 g/mol. The minimum atomic E-state index is -0.520. The number of rotatable bonds is 2. The molecule has 0 saturated carbocycles. The van der Waals surface area contributed by atoms with Gasteiger partial charge >= 0.3 is 5.97 Å². The fourth-order valence-corrected chi connectivity index (χ4v) is 1.37. The lowest BCUT2D eigenvalue weighted by Gasteiger charge is -2.07. The number of allylic oxidation sites excluding steroid dienone is 1.